The summed E-state index contributed by atoms with van der Waals surface area (Å²) >= 11 is 0. The molecule has 2 aromatic carbocycles. The number of aryl methyl sites for hydroxylation is 1. The zero-order valence-corrected chi connectivity index (χ0v) is 10.0. The Morgan fingerprint density at radius 2 is 1.71 bits per heavy atom. The van der Waals surface area contributed by atoms with E-state index >= 15 is 0 Å². The van der Waals surface area contributed by atoms with Crippen molar-refractivity contribution in [3.8, 4) is 0 Å². The maximum absolute atomic E-state index is 9.66. The minimum atomic E-state index is -0.418. The molecule has 0 bridgehead atoms. The number of nitrogens with zero attached hydrogens (tertiary/aromatic N) is 1. The number of hydrogen-bond acceptors (Lipinski definition) is 1. The van der Waals surface area contributed by atoms with Gasteiger partial charge >= 0.3 is 0 Å². The van der Waals surface area contributed by atoms with Crippen LogP contribution in [0, 0.1) is 0 Å². The molecule has 2 nitrogen and oxygen atoms in total. The summed E-state index contributed by atoms with van der Waals surface area (Å²) in [6.07, 6.45) is -0.418. The molecule has 17 heavy (non-hydrogen) atoms. The maximum atomic E-state index is 9.66. The number of aliphatic hydroxyl groups is 1. The first kappa shape index (κ1) is 10.4. The van der Waals surface area contributed by atoms with Gasteiger partial charge in [-0.2, -0.15) is 0 Å². The first-order chi connectivity index (χ1) is 8.18. The van der Waals surface area contributed by atoms with E-state index in [1.165, 1.54) is 21.8 Å². The Morgan fingerprint density at radius 1 is 1.00 bits per heavy atom. The Kier molecular flexibility index (Phi) is 2.20. The molecule has 1 atom stereocenters. The second-order valence-corrected chi connectivity index (χ2v) is 4.53. The molecule has 0 saturated carbocycles. The molecule has 0 amide bonds. The van der Waals surface area contributed by atoms with Gasteiger partial charge in [0.1, 0.15) is 0 Å². The van der Waals surface area contributed by atoms with Crippen molar-refractivity contribution >= 4 is 21.8 Å². The van der Waals surface area contributed by atoms with E-state index in [1.54, 1.807) is 6.92 Å². The van der Waals surface area contributed by atoms with Gasteiger partial charge in [0.25, 0.3) is 0 Å². The molecule has 0 unspecified atom stereocenters. The molecule has 0 saturated heterocycles. The van der Waals surface area contributed by atoms with E-state index < -0.39 is 6.10 Å². The van der Waals surface area contributed by atoms with Gasteiger partial charge in [0.05, 0.1) is 6.10 Å². The molecule has 0 radical (unpaired) electrons. The molecule has 0 aliphatic rings. The van der Waals surface area contributed by atoms with Crippen LogP contribution in [0.3, 0.4) is 0 Å². The normalized spacial score (nSPS) is 13.4. The molecule has 3 rings (SSSR count). The topological polar surface area (TPSA) is 25.2 Å². The van der Waals surface area contributed by atoms with Crippen LogP contribution < -0.4 is 0 Å². The first-order valence-electron chi connectivity index (χ1n) is 5.83. The highest BCUT2D eigenvalue weighted by atomic mass is 16.3. The van der Waals surface area contributed by atoms with Gasteiger partial charge < -0.3 is 9.67 Å². The number of fused-ring (bicyclic) bond motifs is 3. The summed E-state index contributed by atoms with van der Waals surface area (Å²) < 4.78 is 2.19. The molecule has 2 heteroatoms. The Balaban J connectivity index is 2.46. The standard InChI is InChI=1S/C15H15NO/c1-10(17)11-7-8-15-13(9-11)12-5-3-4-6-14(12)16(15)2/h3-10,17H,1-2H3/t10-/m0/s1. The number of aliphatic hydroxyl groups excluding tert-OH is 1. The molecular weight excluding hydrogens is 210 g/mol. The van der Waals surface area contributed by atoms with Gasteiger partial charge in [-0.3, -0.25) is 0 Å². The van der Waals surface area contributed by atoms with Crippen LogP contribution in [-0.4, -0.2) is 9.67 Å². The van der Waals surface area contributed by atoms with Crippen LogP contribution in [0.1, 0.15) is 18.6 Å². The summed E-state index contributed by atoms with van der Waals surface area (Å²) in [5, 5.41) is 12.1. The third-order valence-electron chi connectivity index (χ3n) is 3.42. The van der Waals surface area contributed by atoms with Crippen molar-refractivity contribution in [1.29, 1.82) is 0 Å². The van der Waals surface area contributed by atoms with E-state index in [0.29, 0.717) is 0 Å². The molecular formula is C15H15NO. The summed E-state index contributed by atoms with van der Waals surface area (Å²) in [4.78, 5) is 0. The van der Waals surface area contributed by atoms with E-state index in [0.717, 1.165) is 5.56 Å². The van der Waals surface area contributed by atoms with Gasteiger partial charge in [-0.15, -0.1) is 0 Å². The lowest BCUT2D eigenvalue weighted by atomic mass is 10.1. The lowest BCUT2D eigenvalue weighted by Crippen LogP contribution is -1.91. The highest BCUT2D eigenvalue weighted by molar-refractivity contribution is 6.08. The van der Waals surface area contributed by atoms with Crippen molar-refractivity contribution in [3.05, 3.63) is 48.0 Å². The van der Waals surface area contributed by atoms with E-state index in [9.17, 15) is 5.11 Å². The predicted octanol–water partition coefficient (Wildman–Crippen LogP) is 3.38. The van der Waals surface area contributed by atoms with Crippen LogP contribution in [0.4, 0.5) is 0 Å². The SMILES string of the molecule is C[C@H](O)c1ccc2c(c1)c1ccccc1n2C. The fourth-order valence-corrected chi connectivity index (χ4v) is 2.45. The van der Waals surface area contributed by atoms with Crippen LogP contribution in [0.25, 0.3) is 21.8 Å². The molecule has 3 aromatic rings. The summed E-state index contributed by atoms with van der Waals surface area (Å²) in [6.45, 7) is 1.80. The van der Waals surface area contributed by atoms with E-state index in [4.69, 9.17) is 0 Å². The van der Waals surface area contributed by atoms with Gasteiger partial charge in [-0.25, -0.2) is 0 Å². The van der Waals surface area contributed by atoms with Crippen LogP contribution in [0.15, 0.2) is 42.5 Å². The van der Waals surface area contributed by atoms with Crippen molar-refractivity contribution in [2.24, 2.45) is 7.05 Å². The lowest BCUT2D eigenvalue weighted by molar-refractivity contribution is 0.199. The Labute approximate surface area is 100 Å². The zero-order chi connectivity index (χ0) is 12.0. The number of para-hydroxylation sites is 1. The molecule has 0 aliphatic heterocycles. The Bertz CT molecular complexity index is 695. The summed E-state index contributed by atoms with van der Waals surface area (Å²) in [5.41, 5.74) is 3.40. The average Bonchev–Trinajstić information content (AvgIpc) is 2.64. The zero-order valence-electron chi connectivity index (χ0n) is 10.0. The van der Waals surface area contributed by atoms with Crippen LogP contribution in [0.5, 0.6) is 0 Å². The smallest absolute Gasteiger partial charge is 0.0762 e. The van der Waals surface area contributed by atoms with Gasteiger partial charge in [0.15, 0.2) is 0 Å². The molecule has 0 spiro atoms. The first-order valence-corrected chi connectivity index (χ1v) is 5.83. The maximum Gasteiger partial charge on any atom is 0.0762 e. The van der Waals surface area contributed by atoms with Crippen LogP contribution in [-0.2, 0) is 7.05 Å². The molecule has 1 N–H and O–H groups in total. The van der Waals surface area contributed by atoms with E-state index in [2.05, 4.69) is 48.0 Å². The number of hydrogen-bond donors (Lipinski definition) is 1. The number of benzene rings is 2. The van der Waals surface area contributed by atoms with Crippen molar-refractivity contribution < 1.29 is 5.11 Å². The fraction of sp³-hybridized carbons (Fsp3) is 0.200. The second kappa shape index (κ2) is 3.60. The van der Waals surface area contributed by atoms with Gasteiger partial charge in [-0.1, -0.05) is 24.3 Å². The molecule has 86 valence electrons. The second-order valence-electron chi connectivity index (χ2n) is 4.53. The van der Waals surface area contributed by atoms with Crippen molar-refractivity contribution in [2.45, 2.75) is 13.0 Å². The van der Waals surface area contributed by atoms with Crippen molar-refractivity contribution in [3.63, 3.8) is 0 Å². The fourth-order valence-electron chi connectivity index (χ4n) is 2.45. The largest absolute Gasteiger partial charge is 0.389 e. The summed E-state index contributed by atoms with van der Waals surface area (Å²) in [5.74, 6) is 0. The number of rotatable bonds is 1. The minimum absolute atomic E-state index is 0.418. The highest BCUT2D eigenvalue weighted by Gasteiger charge is 2.09. The highest BCUT2D eigenvalue weighted by Crippen LogP contribution is 2.29. The van der Waals surface area contributed by atoms with E-state index in [1.807, 2.05) is 6.07 Å². The third-order valence-corrected chi connectivity index (χ3v) is 3.42. The van der Waals surface area contributed by atoms with Gasteiger partial charge in [0, 0.05) is 28.9 Å². The van der Waals surface area contributed by atoms with Crippen molar-refractivity contribution in [1.82, 2.24) is 4.57 Å². The van der Waals surface area contributed by atoms with Crippen LogP contribution >= 0.6 is 0 Å². The summed E-state index contributed by atoms with van der Waals surface area (Å²) in [6, 6.07) is 14.5. The lowest BCUT2D eigenvalue weighted by Gasteiger charge is -2.04. The Morgan fingerprint density at radius 3 is 2.47 bits per heavy atom. The molecule has 0 fully saturated rings. The monoisotopic (exact) mass is 225 g/mol. The molecule has 1 heterocycles. The van der Waals surface area contributed by atoms with Crippen molar-refractivity contribution in [2.75, 3.05) is 0 Å². The Hall–Kier alpha value is -1.80. The minimum Gasteiger partial charge on any atom is -0.389 e. The predicted molar refractivity (Wildman–Crippen MR) is 71.1 cm³/mol. The molecule has 0 aliphatic carbocycles. The van der Waals surface area contributed by atoms with E-state index in [-0.39, 0.29) is 0 Å². The van der Waals surface area contributed by atoms with Gasteiger partial charge in [0.2, 0.25) is 0 Å². The quantitative estimate of drug-likeness (QED) is 0.674. The molecule has 1 aromatic heterocycles. The summed E-state index contributed by atoms with van der Waals surface area (Å²) in [7, 11) is 2.08. The van der Waals surface area contributed by atoms with Gasteiger partial charge in [-0.05, 0) is 30.7 Å². The third kappa shape index (κ3) is 1.45. The van der Waals surface area contributed by atoms with Crippen LogP contribution in [0.2, 0.25) is 0 Å². The average molecular weight is 225 g/mol. The number of aromatic nitrogens is 1.